The van der Waals surface area contributed by atoms with Gasteiger partial charge in [0.25, 0.3) is 0 Å². The fraction of sp³-hybridized carbons (Fsp3) is 0.957. The molecule has 0 aromatic heterocycles. The van der Waals surface area contributed by atoms with E-state index in [1.807, 2.05) is 20.8 Å². The number of aliphatic hydroxyl groups excluding tert-OH is 8. The van der Waals surface area contributed by atoms with Crippen LogP contribution in [0.5, 0.6) is 0 Å². The van der Waals surface area contributed by atoms with Gasteiger partial charge in [0, 0.05) is 23.7 Å². The summed E-state index contributed by atoms with van der Waals surface area (Å²) in [5, 5.41) is 98.9. The number of fused-ring (bicyclic) bond motifs is 4. The third-order valence-electron chi connectivity index (χ3n) is 19.3. The first-order chi connectivity index (χ1) is 32.2. The van der Waals surface area contributed by atoms with Gasteiger partial charge in [-0.15, -0.1) is 0 Å². The largest absolute Gasteiger partial charge is 0.397 e. The van der Waals surface area contributed by atoms with Gasteiger partial charge < -0.3 is 83.9 Å². The second kappa shape index (κ2) is 18.3. The summed E-state index contributed by atoms with van der Waals surface area (Å²) in [6.07, 6.45) is -16.7. The molecule has 5 heterocycles. The third-order valence-corrected chi connectivity index (χ3v) is 19.7. The van der Waals surface area contributed by atoms with E-state index in [0.29, 0.717) is 25.6 Å². The molecule has 0 amide bonds. The van der Waals surface area contributed by atoms with Gasteiger partial charge in [-0.3, -0.25) is 4.55 Å². The molecule has 9 aliphatic rings. The summed E-state index contributed by atoms with van der Waals surface area (Å²) in [5.41, 5.74) is -0.933. The number of rotatable bonds is 12. The Morgan fingerprint density at radius 1 is 0.696 bits per heavy atom. The Labute approximate surface area is 403 Å². The lowest BCUT2D eigenvalue weighted by Gasteiger charge is -2.70. The Balaban J connectivity index is 0.989. The molecule has 0 radical (unpaired) electrons. The molecule has 10 N–H and O–H groups in total. The molecule has 22 heteroatoms. The first kappa shape index (κ1) is 52.8. The zero-order valence-electron chi connectivity index (χ0n) is 40.5. The number of hydrogen-bond acceptors (Lipinski definition) is 20. The molecule has 0 aromatic rings. The molecule has 5 saturated heterocycles. The van der Waals surface area contributed by atoms with Crippen molar-refractivity contribution >= 4 is 10.4 Å². The fourth-order valence-corrected chi connectivity index (χ4v) is 16.3. The average Bonchev–Trinajstić information content (AvgIpc) is 3.90. The molecule has 9 rings (SSSR count). The summed E-state index contributed by atoms with van der Waals surface area (Å²) in [6, 6.07) is 0. The summed E-state index contributed by atoms with van der Waals surface area (Å²) in [4.78, 5) is 0. The van der Waals surface area contributed by atoms with Gasteiger partial charge in [-0.05, 0) is 93.3 Å². The summed E-state index contributed by atoms with van der Waals surface area (Å²) in [6.45, 7) is 13.7. The molecule has 21 nitrogen and oxygen atoms in total. The maximum absolute atomic E-state index is 12.5. The topological polar surface area (TPSA) is 320 Å². The molecule has 69 heavy (non-hydrogen) atoms. The molecule has 396 valence electrons. The first-order valence-corrected chi connectivity index (χ1v) is 26.1. The van der Waals surface area contributed by atoms with Crippen molar-refractivity contribution in [1.29, 1.82) is 0 Å². The van der Waals surface area contributed by atoms with Crippen LogP contribution in [0.4, 0.5) is 0 Å². The van der Waals surface area contributed by atoms with Crippen LogP contribution in [-0.2, 0) is 52.5 Å². The minimum atomic E-state index is -5.04. The smallest absolute Gasteiger partial charge is 0.394 e. The Bertz CT molecular complexity index is 2020. The van der Waals surface area contributed by atoms with Gasteiger partial charge >= 0.3 is 10.4 Å². The van der Waals surface area contributed by atoms with E-state index in [1.165, 1.54) is 0 Å². The highest BCUT2D eigenvalue weighted by Crippen LogP contribution is 2.80. The lowest BCUT2D eigenvalue weighted by Crippen LogP contribution is -2.68. The van der Waals surface area contributed by atoms with Crippen molar-refractivity contribution in [3.63, 3.8) is 0 Å². The maximum atomic E-state index is 12.5. The molecular weight excluding hydrogens is 933 g/mol. The Kier molecular flexibility index (Phi) is 14.0. The van der Waals surface area contributed by atoms with Gasteiger partial charge in [-0.25, -0.2) is 4.18 Å². The van der Waals surface area contributed by atoms with E-state index in [9.17, 15) is 58.9 Å². The molecule has 5 aliphatic heterocycles. The van der Waals surface area contributed by atoms with Crippen LogP contribution in [0.25, 0.3) is 0 Å². The van der Waals surface area contributed by atoms with Crippen LogP contribution in [0.15, 0.2) is 11.6 Å². The number of aliphatic hydroxyl groups is 9. The molecule has 2 spiro atoms. The van der Waals surface area contributed by atoms with Crippen molar-refractivity contribution in [2.45, 2.75) is 197 Å². The maximum Gasteiger partial charge on any atom is 0.397 e. The van der Waals surface area contributed by atoms with Gasteiger partial charge in [0.05, 0.1) is 44.7 Å². The molecule has 0 unspecified atom stereocenters. The van der Waals surface area contributed by atoms with E-state index in [-0.39, 0.29) is 39.9 Å². The molecule has 4 saturated carbocycles. The standard InChI is InChI=1S/C47H76O21S/c1-21(2)14-22-17-60-47-19-46(20-61-47)23(38(47)45(22,7)56)8-9-28-43(5)12-11-29(42(3,4)27(43)10-13-44(28,46)6)66-41-37(68-39-34(54)30(50)24(15-48)63-39)36(32(52)25(16-49)64-41)67-40-35(55)33(53)31(51)26(65-40)18-62-69(57,58)59/h14,22-41,48-56H,8-13,15-20H2,1-7H3,(H,57,58,59)/t22-,23+,24+,25-,26-,27+,28-,29+,30+,31-,32-,33+,34-,35-,36+,37-,38+,39+,40+,41+,43+,44-,45+,46-,47-/m1/s1. The van der Waals surface area contributed by atoms with Crippen LogP contribution in [0, 0.1) is 51.2 Å². The molecule has 2 bridgehead atoms. The summed E-state index contributed by atoms with van der Waals surface area (Å²) in [5.74, 6) is -0.526. The van der Waals surface area contributed by atoms with Gasteiger partial charge in [0.2, 0.25) is 0 Å². The zero-order valence-corrected chi connectivity index (χ0v) is 41.3. The normalized spacial score (nSPS) is 54.6. The van der Waals surface area contributed by atoms with Crippen molar-refractivity contribution in [1.82, 2.24) is 0 Å². The van der Waals surface area contributed by atoms with Crippen molar-refractivity contribution in [3.05, 3.63) is 11.6 Å². The number of ether oxygens (including phenoxy) is 8. The van der Waals surface area contributed by atoms with Gasteiger partial charge in [0.1, 0.15) is 67.1 Å². The van der Waals surface area contributed by atoms with Crippen LogP contribution >= 0.6 is 0 Å². The monoisotopic (exact) mass is 1010 g/mol. The quantitative estimate of drug-likeness (QED) is 0.0679. The fourth-order valence-electron chi connectivity index (χ4n) is 16.0. The van der Waals surface area contributed by atoms with Crippen LogP contribution in [0.1, 0.15) is 93.4 Å². The highest BCUT2D eigenvalue weighted by molar-refractivity contribution is 7.80. The van der Waals surface area contributed by atoms with Crippen LogP contribution < -0.4 is 0 Å². The Morgan fingerprint density at radius 3 is 1.94 bits per heavy atom. The molecule has 4 aliphatic carbocycles. The summed E-state index contributed by atoms with van der Waals surface area (Å²) in [7, 11) is -5.04. The van der Waals surface area contributed by atoms with E-state index in [0.717, 1.165) is 44.1 Å². The lowest BCUT2D eigenvalue weighted by atomic mass is 9.35. The van der Waals surface area contributed by atoms with Crippen LogP contribution in [0.3, 0.4) is 0 Å². The second-order valence-electron chi connectivity index (χ2n) is 23.4. The SMILES string of the molecule is CC(C)=C[C@@H]1CO[C@]23C[C@@]4(CO2)[C@@H](CC[C@@H]2[C@@]5(C)CC[C@H](O[C@@H]6O[C@H](CO)[C@@H](O)[C@H](O[C@@H]7O[C@H](COS(=O)(=O)O)[C@@H](O)[C@H](O)[C@H]7O)[C@H]6O[C@@H]6O[C@@H](CO)[C@H](O)[C@H]6O)C(C)(C)[C@@H]5CC[C@]24C)[C@H]3[C@@]1(C)O. The highest BCUT2D eigenvalue weighted by Gasteiger charge is 2.81. The van der Waals surface area contributed by atoms with E-state index in [4.69, 9.17) is 37.9 Å². The Morgan fingerprint density at radius 2 is 1.30 bits per heavy atom. The first-order valence-electron chi connectivity index (χ1n) is 24.7. The summed E-state index contributed by atoms with van der Waals surface area (Å²) >= 11 is 0. The molecule has 9 fully saturated rings. The van der Waals surface area contributed by atoms with Crippen molar-refractivity contribution in [3.8, 4) is 0 Å². The number of hydrogen-bond donors (Lipinski definition) is 10. The summed E-state index contributed by atoms with van der Waals surface area (Å²) < 4.78 is 86.9. The average molecular weight is 1010 g/mol. The third kappa shape index (κ3) is 8.34. The predicted octanol–water partition coefficient (Wildman–Crippen LogP) is -0.349. The van der Waals surface area contributed by atoms with E-state index >= 15 is 0 Å². The Hall–Kier alpha value is -1.07. The van der Waals surface area contributed by atoms with Crippen molar-refractivity contribution in [2.75, 3.05) is 33.0 Å². The minimum Gasteiger partial charge on any atom is -0.394 e. The van der Waals surface area contributed by atoms with Crippen molar-refractivity contribution in [2.24, 2.45) is 51.2 Å². The zero-order chi connectivity index (χ0) is 50.2. The highest BCUT2D eigenvalue weighted by atomic mass is 32.3. The van der Waals surface area contributed by atoms with E-state index < -0.39 is 139 Å². The number of allylic oxidation sites excluding steroid dienone is 1. The second-order valence-corrected chi connectivity index (χ2v) is 24.5. The predicted molar refractivity (Wildman–Crippen MR) is 235 cm³/mol. The minimum absolute atomic E-state index is 0.117. The van der Waals surface area contributed by atoms with Gasteiger partial charge in [-0.1, -0.05) is 39.3 Å². The molecule has 25 atom stereocenters. The van der Waals surface area contributed by atoms with Crippen LogP contribution in [-0.4, -0.2) is 195 Å². The van der Waals surface area contributed by atoms with Crippen LogP contribution in [0.2, 0.25) is 0 Å². The van der Waals surface area contributed by atoms with E-state index in [1.54, 1.807) is 0 Å². The van der Waals surface area contributed by atoms with Gasteiger partial charge in [0.15, 0.2) is 24.7 Å². The molecular formula is C47H76O21S. The molecule has 0 aromatic carbocycles. The lowest BCUT2D eigenvalue weighted by molar-refractivity contribution is -0.387. The van der Waals surface area contributed by atoms with Crippen molar-refractivity contribution < 1.29 is 101 Å². The van der Waals surface area contributed by atoms with E-state index in [2.05, 4.69) is 38.0 Å². The van der Waals surface area contributed by atoms with Gasteiger partial charge in [-0.2, -0.15) is 8.42 Å².